The van der Waals surface area contributed by atoms with Crippen molar-refractivity contribution in [3.8, 4) is 25.1 Å². The molecule has 0 aromatic heterocycles. The number of nitrogens with two attached hydrogens (primary N) is 1. The van der Waals surface area contributed by atoms with Gasteiger partial charge in [0, 0.05) is 12.7 Å². The van der Waals surface area contributed by atoms with E-state index in [1.54, 1.807) is 0 Å². The van der Waals surface area contributed by atoms with Crippen LogP contribution in [0.2, 0.25) is 6.04 Å². The van der Waals surface area contributed by atoms with Crippen molar-refractivity contribution in [2.75, 3.05) is 13.2 Å². The average Bonchev–Trinajstić information content (AvgIpc) is 2.16. The minimum atomic E-state index is -2.87. The van der Waals surface area contributed by atoms with Gasteiger partial charge in [-0.15, -0.1) is 0 Å². The Hall–Kier alpha value is -1.14. The van der Waals surface area contributed by atoms with Crippen molar-refractivity contribution in [2.45, 2.75) is 19.4 Å². The Morgan fingerprint density at radius 2 is 1.86 bits per heavy atom. The molecule has 0 atom stereocenters. The molecule has 0 bridgehead atoms. The van der Waals surface area contributed by atoms with Gasteiger partial charge < -0.3 is 19.0 Å². The lowest BCUT2D eigenvalue weighted by molar-refractivity contribution is 0.150. The van der Waals surface area contributed by atoms with E-state index in [0.717, 1.165) is 0 Å². The molecule has 5 heteroatoms. The SMILES string of the molecule is C#CO[Si](CCCN)(OC#C)OCC. The largest absolute Gasteiger partial charge is 0.649 e. The van der Waals surface area contributed by atoms with Gasteiger partial charge in [-0.3, -0.25) is 0 Å². The van der Waals surface area contributed by atoms with E-state index in [4.69, 9.17) is 31.9 Å². The van der Waals surface area contributed by atoms with Crippen LogP contribution in [0.4, 0.5) is 0 Å². The second kappa shape index (κ2) is 7.28. The minimum Gasteiger partial charge on any atom is -0.441 e. The van der Waals surface area contributed by atoms with Crippen molar-refractivity contribution in [1.29, 1.82) is 0 Å². The molecule has 0 unspecified atom stereocenters. The van der Waals surface area contributed by atoms with E-state index in [1.807, 2.05) is 6.92 Å². The summed E-state index contributed by atoms with van der Waals surface area (Å²) in [5.41, 5.74) is 5.38. The molecule has 0 fully saturated rings. The van der Waals surface area contributed by atoms with Crippen molar-refractivity contribution in [1.82, 2.24) is 0 Å². The zero-order chi connectivity index (χ0) is 10.9. The van der Waals surface area contributed by atoms with E-state index in [9.17, 15) is 0 Å². The van der Waals surface area contributed by atoms with Crippen LogP contribution in [0, 0.1) is 25.1 Å². The van der Waals surface area contributed by atoms with E-state index in [0.29, 0.717) is 25.6 Å². The lowest BCUT2D eigenvalue weighted by atomic mass is 10.5. The normalized spacial score (nSPS) is 10.0. The molecule has 78 valence electrons. The Kier molecular flexibility index (Phi) is 6.68. The van der Waals surface area contributed by atoms with Crippen LogP contribution in [-0.2, 0) is 13.3 Å². The number of terminal acetylenes is 2. The monoisotopic (exact) mass is 213 g/mol. The maximum Gasteiger partial charge on any atom is 0.649 e. The van der Waals surface area contributed by atoms with E-state index in [2.05, 4.69) is 12.2 Å². The van der Waals surface area contributed by atoms with Crippen LogP contribution >= 0.6 is 0 Å². The van der Waals surface area contributed by atoms with Gasteiger partial charge >= 0.3 is 8.80 Å². The predicted molar refractivity (Wildman–Crippen MR) is 55.7 cm³/mol. The molecule has 0 rings (SSSR count). The smallest absolute Gasteiger partial charge is 0.441 e. The lowest BCUT2D eigenvalue weighted by Gasteiger charge is -2.23. The predicted octanol–water partition coefficient (Wildman–Crippen LogP) is 0.525. The molecule has 4 nitrogen and oxygen atoms in total. The van der Waals surface area contributed by atoms with Gasteiger partial charge in [-0.1, -0.05) is 12.8 Å². The van der Waals surface area contributed by atoms with Gasteiger partial charge in [0.15, 0.2) is 0 Å². The molecule has 0 saturated heterocycles. The van der Waals surface area contributed by atoms with Gasteiger partial charge in [0.05, 0.1) is 12.2 Å². The number of rotatable bonds is 7. The van der Waals surface area contributed by atoms with Gasteiger partial charge in [0.25, 0.3) is 0 Å². The highest BCUT2D eigenvalue weighted by Crippen LogP contribution is 2.16. The molecule has 0 aliphatic carbocycles. The molecule has 0 aromatic carbocycles. The molecular formula is C9H15NO3Si. The highest BCUT2D eigenvalue weighted by Gasteiger charge is 2.44. The second-order valence-electron chi connectivity index (χ2n) is 2.45. The number of hydrogen-bond acceptors (Lipinski definition) is 4. The number of hydrogen-bond donors (Lipinski definition) is 1. The fourth-order valence-electron chi connectivity index (χ4n) is 0.972. The van der Waals surface area contributed by atoms with Crippen LogP contribution in [0.1, 0.15) is 13.3 Å². The maximum atomic E-state index is 5.38. The molecule has 14 heavy (non-hydrogen) atoms. The van der Waals surface area contributed by atoms with Crippen molar-refractivity contribution < 1.29 is 13.3 Å². The van der Waals surface area contributed by atoms with Crippen LogP contribution in [0.5, 0.6) is 0 Å². The summed E-state index contributed by atoms with van der Waals surface area (Å²) in [4.78, 5) is 0. The molecule has 0 spiro atoms. The summed E-state index contributed by atoms with van der Waals surface area (Å²) in [6.45, 7) is 2.79. The summed E-state index contributed by atoms with van der Waals surface area (Å²) < 4.78 is 15.4. The fourth-order valence-corrected chi connectivity index (χ4v) is 2.92. The summed E-state index contributed by atoms with van der Waals surface area (Å²) in [5, 5.41) is 0. The molecule has 0 amide bonds. The molecule has 0 saturated carbocycles. The Balaban J connectivity index is 4.40. The van der Waals surface area contributed by atoms with Crippen LogP contribution in [0.3, 0.4) is 0 Å². The summed E-state index contributed by atoms with van der Waals surface area (Å²) >= 11 is 0. The first-order valence-corrected chi connectivity index (χ1v) is 6.29. The van der Waals surface area contributed by atoms with Gasteiger partial charge in [0.2, 0.25) is 0 Å². The topological polar surface area (TPSA) is 53.7 Å². The molecule has 0 heterocycles. The summed E-state index contributed by atoms with van der Waals surface area (Å²) in [5.74, 6) is 0. The van der Waals surface area contributed by atoms with Crippen molar-refractivity contribution in [3.63, 3.8) is 0 Å². The van der Waals surface area contributed by atoms with Crippen LogP contribution in [0.15, 0.2) is 0 Å². The summed E-state index contributed by atoms with van der Waals surface area (Å²) in [7, 11) is -2.87. The third kappa shape index (κ3) is 4.20. The van der Waals surface area contributed by atoms with Crippen molar-refractivity contribution in [3.05, 3.63) is 0 Å². The van der Waals surface area contributed by atoms with E-state index < -0.39 is 8.80 Å². The molecule has 0 aliphatic heterocycles. The van der Waals surface area contributed by atoms with Gasteiger partial charge in [0.1, 0.15) is 0 Å². The van der Waals surface area contributed by atoms with Gasteiger partial charge in [-0.25, -0.2) is 0 Å². The fraction of sp³-hybridized carbons (Fsp3) is 0.556. The highest BCUT2D eigenvalue weighted by atomic mass is 28.4. The van der Waals surface area contributed by atoms with Crippen molar-refractivity contribution >= 4 is 8.80 Å². The third-order valence-electron chi connectivity index (χ3n) is 1.48. The zero-order valence-corrected chi connectivity index (χ0v) is 9.29. The van der Waals surface area contributed by atoms with E-state index in [-0.39, 0.29) is 0 Å². The average molecular weight is 213 g/mol. The second-order valence-corrected chi connectivity index (χ2v) is 5.01. The van der Waals surface area contributed by atoms with E-state index >= 15 is 0 Å². The Morgan fingerprint density at radius 1 is 1.29 bits per heavy atom. The Bertz CT molecular complexity index is 215. The quantitative estimate of drug-likeness (QED) is 0.495. The Labute approximate surface area is 86.1 Å². The first-order chi connectivity index (χ1) is 6.74. The Morgan fingerprint density at radius 3 is 2.21 bits per heavy atom. The first-order valence-electron chi connectivity index (χ1n) is 4.36. The minimum absolute atomic E-state index is 0.445. The summed E-state index contributed by atoms with van der Waals surface area (Å²) in [6.07, 6.45) is 14.9. The van der Waals surface area contributed by atoms with Crippen molar-refractivity contribution in [2.24, 2.45) is 5.73 Å². The summed E-state index contributed by atoms with van der Waals surface area (Å²) in [6, 6.07) is 0.533. The van der Waals surface area contributed by atoms with E-state index in [1.165, 1.54) is 0 Å². The molecular weight excluding hydrogens is 198 g/mol. The van der Waals surface area contributed by atoms with Crippen LogP contribution in [0.25, 0.3) is 0 Å². The zero-order valence-electron chi connectivity index (χ0n) is 8.29. The van der Waals surface area contributed by atoms with Crippen LogP contribution in [-0.4, -0.2) is 22.0 Å². The highest BCUT2D eigenvalue weighted by molar-refractivity contribution is 6.61. The lowest BCUT2D eigenvalue weighted by Crippen LogP contribution is -2.43. The molecule has 2 N–H and O–H groups in total. The van der Waals surface area contributed by atoms with Crippen LogP contribution < -0.4 is 5.73 Å². The molecule has 0 aromatic rings. The van der Waals surface area contributed by atoms with Gasteiger partial charge in [-0.2, -0.15) is 0 Å². The maximum absolute atomic E-state index is 5.38. The molecule has 0 radical (unpaired) electrons. The molecule has 0 aliphatic rings. The third-order valence-corrected chi connectivity index (χ3v) is 4.03. The first kappa shape index (κ1) is 12.9. The van der Waals surface area contributed by atoms with Gasteiger partial charge in [-0.05, 0) is 19.9 Å². The standard InChI is InChI=1S/C9H15NO3Si/c1-4-11-14(12-5-2,13-6-3)9-7-8-10/h1-2H,6-10H2,3H3.